The summed E-state index contributed by atoms with van der Waals surface area (Å²) in [5.74, 6) is 0. The summed E-state index contributed by atoms with van der Waals surface area (Å²) in [4.78, 5) is 0. The minimum Gasteiger partial charge on any atom is -0.497 e. The van der Waals surface area contributed by atoms with Crippen molar-refractivity contribution in [3.63, 3.8) is 0 Å². The topological polar surface area (TPSA) is 9.23 Å². The third kappa shape index (κ3) is 4.31. The van der Waals surface area contributed by atoms with E-state index in [9.17, 15) is 0 Å². The van der Waals surface area contributed by atoms with Gasteiger partial charge in [-0.15, -0.1) is 0 Å². The molecule has 0 atom stereocenters. The van der Waals surface area contributed by atoms with E-state index in [-0.39, 0.29) is 0 Å². The second-order valence-corrected chi connectivity index (χ2v) is 2.75. The summed E-state index contributed by atoms with van der Waals surface area (Å²) in [6.07, 6.45) is 8.96. The zero-order valence-corrected chi connectivity index (χ0v) is 8.10. The average molecular weight is 186 g/mol. The molecule has 0 saturated carbocycles. The molecule has 0 amide bonds. The monoisotopic (exact) mass is 186 g/mol. The second kappa shape index (κ2) is 6.72. The van der Waals surface area contributed by atoms with Crippen molar-refractivity contribution in [3.8, 4) is 0 Å². The Hall–Kier alpha value is -1.76. The summed E-state index contributed by atoms with van der Waals surface area (Å²) >= 11 is 0. The van der Waals surface area contributed by atoms with Crippen LogP contribution in [0.5, 0.6) is 0 Å². The molecule has 0 radical (unpaired) electrons. The first-order valence-corrected chi connectivity index (χ1v) is 4.53. The third-order valence-corrected chi connectivity index (χ3v) is 1.63. The summed E-state index contributed by atoms with van der Waals surface area (Å²) in [7, 11) is 0. The van der Waals surface area contributed by atoms with E-state index in [1.54, 1.807) is 12.3 Å². The summed E-state index contributed by atoms with van der Waals surface area (Å²) in [5, 5.41) is 0. The van der Waals surface area contributed by atoms with Gasteiger partial charge in [0, 0.05) is 0 Å². The van der Waals surface area contributed by atoms with E-state index in [0.717, 1.165) is 0 Å². The minimum atomic E-state index is 0.610. The molecule has 0 spiro atoms. The zero-order valence-electron chi connectivity index (χ0n) is 8.10. The smallest absolute Gasteiger partial charge is 0.112 e. The molecule has 1 nitrogen and oxygen atoms in total. The molecule has 0 unspecified atom stereocenters. The predicted octanol–water partition coefficient (Wildman–Crippen LogP) is 3.46. The van der Waals surface area contributed by atoms with Gasteiger partial charge >= 0.3 is 0 Å². The van der Waals surface area contributed by atoms with Crippen molar-refractivity contribution >= 4 is 0 Å². The van der Waals surface area contributed by atoms with Gasteiger partial charge in [-0.1, -0.05) is 55.1 Å². The number of allylic oxidation sites excluding steroid dienone is 4. The Labute approximate surface area is 85.0 Å². The standard InChI is InChI=1S/C13H14O/c1-2-3-4-8-11-14-12-13-9-6-5-7-10-13/h2-11H,1,12H2/b4-3-,11-8+. The molecule has 0 aliphatic heterocycles. The molecule has 1 rings (SSSR count). The largest absolute Gasteiger partial charge is 0.497 e. The van der Waals surface area contributed by atoms with Gasteiger partial charge in [-0.3, -0.25) is 0 Å². The van der Waals surface area contributed by atoms with Crippen LogP contribution in [0.15, 0.2) is 67.5 Å². The molecular weight excluding hydrogens is 172 g/mol. The maximum atomic E-state index is 5.30. The first-order chi connectivity index (χ1) is 6.93. The molecule has 0 heterocycles. The maximum absolute atomic E-state index is 5.30. The lowest BCUT2D eigenvalue weighted by Gasteiger charge is -1.99. The lowest BCUT2D eigenvalue weighted by atomic mass is 10.2. The van der Waals surface area contributed by atoms with Crippen LogP contribution in [0.3, 0.4) is 0 Å². The molecule has 0 fully saturated rings. The van der Waals surface area contributed by atoms with E-state index < -0.39 is 0 Å². The fourth-order valence-electron chi connectivity index (χ4n) is 0.962. The number of hydrogen-bond donors (Lipinski definition) is 0. The van der Waals surface area contributed by atoms with Crippen molar-refractivity contribution < 1.29 is 4.74 Å². The Morgan fingerprint density at radius 3 is 2.57 bits per heavy atom. The summed E-state index contributed by atoms with van der Waals surface area (Å²) < 4.78 is 5.30. The lowest BCUT2D eigenvalue weighted by Crippen LogP contribution is -1.84. The molecule has 0 bridgehead atoms. The van der Waals surface area contributed by atoms with Crippen LogP contribution < -0.4 is 0 Å². The average Bonchev–Trinajstić information content (AvgIpc) is 2.25. The van der Waals surface area contributed by atoms with E-state index in [2.05, 4.69) is 6.58 Å². The molecule has 0 aromatic heterocycles. The molecule has 0 aliphatic carbocycles. The molecule has 1 aromatic carbocycles. The first kappa shape index (κ1) is 10.3. The van der Waals surface area contributed by atoms with Crippen LogP contribution in [0.1, 0.15) is 5.56 Å². The van der Waals surface area contributed by atoms with Crippen LogP contribution in [-0.2, 0) is 11.3 Å². The molecule has 14 heavy (non-hydrogen) atoms. The van der Waals surface area contributed by atoms with E-state index in [0.29, 0.717) is 6.61 Å². The minimum absolute atomic E-state index is 0.610. The van der Waals surface area contributed by atoms with Gasteiger partial charge in [0.1, 0.15) is 6.61 Å². The molecular formula is C13H14O. The fraction of sp³-hybridized carbons (Fsp3) is 0.0769. The molecule has 0 N–H and O–H groups in total. The summed E-state index contributed by atoms with van der Waals surface area (Å²) in [6, 6.07) is 10.1. The van der Waals surface area contributed by atoms with Crippen LogP contribution in [0, 0.1) is 0 Å². The predicted molar refractivity (Wildman–Crippen MR) is 59.7 cm³/mol. The van der Waals surface area contributed by atoms with E-state index >= 15 is 0 Å². The third-order valence-electron chi connectivity index (χ3n) is 1.63. The SMILES string of the molecule is C=C/C=C\C=C\OCc1ccccc1. The van der Waals surface area contributed by atoms with Gasteiger partial charge in [-0.25, -0.2) is 0 Å². The molecule has 1 heteroatoms. The molecule has 0 aliphatic rings. The van der Waals surface area contributed by atoms with Crippen LogP contribution >= 0.6 is 0 Å². The van der Waals surface area contributed by atoms with Crippen molar-refractivity contribution in [2.24, 2.45) is 0 Å². The number of rotatable bonds is 5. The second-order valence-electron chi connectivity index (χ2n) is 2.75. The Morgan fingerprint density at radius 2 is 1.86 bits per heavy atom. The van der Waals surface area contributed by atoms with Crippen LogP contribution in [0.2, 0.25) is 0 Å². The highest BCUT2D eigenvalue weighted by Crippen LogP contribution is 2.00. The van der Waals surface area contributed by atoms with Gasteiger partial charge in [-0.05, 0) is 11.6 Å². The highest BCUT2D eigenvalue weighted by Gasteiger charge is 1.86. The highest BCUT2D eigenvalue weighted by molar-refractivity contribution is 5.13. The molecule has 1 aromatic rings. The molecule has 0 saturated heterocycles. The van der Waals surface area contributed by atoms with Gasteiger partial charge in [-0.2, -0.15) is 0 Å². The molecule has 72 valence electrons. The van der Waals surface area contributed by atoms with Gasteiger partial charge in [0.25, 0.3) is 0 Å². The van der Waals surface area contributed by atoms with Gasteiger partial charge in [0.05, 0.1) is 6.26 Å². The summed E-state index contributed by atoms with van der Waals surface area (Å²) in [6.45, 7) is 4.17. The Bertz CT molecular complexity index is 309. The van der Waals surface area contributed by atoms with Crippen molar-refractivity contribution in [2.75, 3.05) is 0 Å². The first-order valence-electron chi connectivity index (χ1n) is 4.53. The quantitative estimate of drug-likeness (QED) is 0.505. The normalized spacial score (nSPS) is 10.9. The van der Waals surface area contributed by atoms with E-state index in [4.69, 9.17) is 4.74 Å². The van der Waals surface area contributed by atoms with Crippen molar-refractivity contribution in [2.45, 2.75) is 6.61 Å². The van der Waals surface area contributed by atoms with Crippen molar-refractivity contribution in [1.29, 1.82) is 0 Å². The number of ether oxygens (including phenoxy) is 1. The van der Waals surface area contributed by atoms with Gasteiger partial charge in [0.15, 0.2) is 0 Å². The Balaban J connectivity index is 2.25. The zero-order chi connectivity index (χ0) is 10.1. The number of hydrogen-bond acceptors (Lipinski definition) is 1. The summed E-state index contributed by atoms with van der Waals surface area (Å²) in [5.41, 5.74) is 1.17. The maximum Gasteiger partial charge on any atom is 0.112 e. The Kier molecular flexibility index (Phi) is 4.96. The fourth-order valence-corrected chi connectivity index (χ4v) is 0.962. The lowest BCUT2D eigenvalue weighted by molar-refractivity contribution is 0.236. The highest BCUT2D eigenvalue weighted by atomic mass is 16.5. The van der Waals surface area contributed by atoms with Crippen LogP contribution in [0.25, 0.3) is 0 Å². The van der Waals surface area contributed by atoms with Crippen molar-refractivity contribution in [3.05, 3.63) is 73.0 Å². The van der Waals surface area contributed by atoms with Crippen LogP contribution in [-0.4, -0.2) is 0 Å². The van der Waals surface area contributed by atoms with Crippen molar-refractivity contribution in [1.82, 2.24) is 0 Å². The van der Waals surface area contributed by atoms with Gasteiger partial charge in [0.2, 0.25) is 0 Å². The Morgan fingerprint density at radius 1 is 1.07 bits per heavy atom. The van der Waals surface area contributed by atoms with E-state index in [1.165, 1.54) is 5.56 Å². The van der Waals surface area contributed by atoms with E-state index in [1.807, 2.05) is 48.6 Å². The number of benzene rings is 1. The van der Waals surface area contributed by atoms with Gasteiger partial charge < -0.3 is 4.74 Å². The van der Waals surface area contributed by atoms with Crippen LogP contribution in [0.4, 0.5) is 0 Å².